The van der Waals surface area contributed by atoms with Gasteiger partial charge < -0.3 is 4.74 Å². The van der Waals surface area contributed by atoms with Crippen LogP contribution in [0.15, 0.2) is 59.6 Å². The van der Waals surface area contributed by atoms with E-state index in [0.29, 0.717) is 22.3 Å². The molecule has 6 nitrogen and oxygen atoms in total. The lowest BCUT2D eigenvalue weighted by Gasteiger charge is -2.13. The lowest BCUT2D eigenvalue weighted by Crippen LogP contribution is -2.15. The molecule has 3 rings (SSSR count). The van der Waals surface area contributed by atoms with Crippen LogP contribution in [-0.4, -0.2) is 26.0 Å². The second-order valence-electron chi connectivity index (χ2n) is 5.69. The maximum Gasteiger partial charge on any atom is 0.338 e. The first-order valence-corrected chi connectivity index (χ1v) is 9.55. The summed E-state index contributed by atoms with van der Waals surface area (Å²) in [6, 6.07) is 13.2. The lowest BCUT2D eigenvalue weighted by molar-refractivity contribution is 0.0526. The van der Waals surface area contributed by atoms with Crippen molar-refractivity contribution in [3.05, 3.63) is 65.9 Å². The van der Waals surface area contributed by atoms with Crippen molar-refractivity contribution in [1.82, 2.24) is 4.98 Å². The van der Waals surface area contributed by atoms with E-state index in [1.54, 1.807) is 56.4 Å². The number of benzene rings is 2. The molecule has 1 heterocycles. The molecule has 7 heteroatoms. The highest BCUT2D eigenvalue weighted by Crippen LogP contribution is 2.25. The molecule has 26 heavy (non-hydrogen) atoms. The molecule has 0 atom stereocenters. The van der Waals surface area contributed by atoms with E-state index < -0.39 is 16.0 Å². The molecule has 0 saturated carbocycles. The number of carbonyl (C=O) groups is 1. The number of fused-ring (bicyclic) bond motifs is 1. The molecule has 3 aromatic rings. The number of hydrogen-bond donors (Lipinski definition) is 1. The van der Waals surface area contributed by atoms with E-state index in [9.17, 15) is 13.2 Å². The Bertz CT molecular complexity index is 1070. The van der Waals surface area contributed by atoms with Gasteiger partial charge in [-0.1, -0.05) is 18.2 Å². The number of ether oxygens (including phenoxy) is 1. The van der Waals surface area contributed by atoms with Gasteiger partial charge in [0.1, 0.15) is 4.90 Å². The second kappa shape index (κ2) is 7.13. The summed E-state index contributed by atoms with van der Waals surface area (Å²) in [5.74, 6) is -0.441. The van der Waals surface area contributed by atoms with Crippen molar-refractivity contribution in [3.8, 4) is 0 Å². The van der Waals surface area contributed by atoms with E-state index in [1.165, 1.54) is 12.1 Å². The van der Waals surface area contributed by atoms with Crippen molar-refractivity contribution in [2.24, 2.45) is 0 Å². The molecule has 0 amide bonds. The van der Waals surface area contributed by atoms with Crippen LogP contribution in [0.3, 0.4) is 0 Å². The quantitative estimate of drug-likeness (QED) is 0.695. The number of esters is 1. The minimum atomic E-state index is -3.83. The van der Waals surface area contributed by atoms with E-state index in [-0.39, 0.29) is 11.5 Å². The number of aryl methyl sites for hydroxylation is 1. The van der Waals surface area contributed by atoms with Crippen LogP contribution in [0.25, 0.3) is 10.9 Å². The zero-order valence-electron chi connectivity index (χ0n) is 14.4. The SMILES string of the molecule is CCOC(=O)c1ccc(NS(=O)(=O)c2cccc3cccnc23)c(C)c1. The number of anilines is 1. The van der Waals surface area contributed by atoms with Crippen molar-refractivity contribution in [2.75, 3.05) is 11.3 Å². The molecule has 1 aromatic heterocycles. The molecule has 0 unspecified atom stereocenters. The normalized spacial score (nSPS) is 11.3. The number of nitrogens with one attached hydrogen (secondary N) is 1. The van der Waals surface area contributed by atoms with Gasteiger partial charge in [0.05, 0.1) is 23.4 Å². The maximum absolute atomic E-state index is 12.8. The average Bonchev–Trinajstić information content (AvgIpc) is 2.63. The fourth-order valence-electron chi connectivity index (χ4n) is 2.61. The average molecular weight is 370 g/mol. The van der Waals surface area contributed by atoms with Crippen LogP contribution in [-0.2, 0) is 14.8 Å². The Morgan fingerprint density at radius 2 is 1.92 bits per heavy atom. The number of sulfonamides is 1. The summed E-state index contributed by atoms with van der Waals surface area (Å²) in [5, 5.41) is 0.741. The molecule has 0 radical (unpaired) electrons. The Hall–Kier alpha value is -2.93. The highest BCUT2D eigenvalue weighted by Gasteiger charge is 2.19. The summed E-state index contributed by atoms with van der Waals surface area (Å²) in [5.41, 5.74) is 1.79. The van der Waals surface area contributed by atoms with Crippen LogP contribution in [0, 0.1) is 6.92 Å². The van der Waals surface area contributed by atoms with Crippen LogP contribution in [0.4, 0.5) is 5.69 Å². The highest BCUT2D eigenvalue weighted by atomic mass is 32.2. The van der Waals surface area contributed by atoms with E-state index in [1.807, 2.05) is 0 Å². The maximum atomic E-state index is 12.8. The van der Waals surface area contributed by atoms with E-state index in [2.05, 4.69) is 9.71 Å². The third-order valence-electron chi connectivity index (χ3n) is 3.87. The Balaban J connectivity index is 1.96. The molecule has 0 aliphatic rings. The van der Waals surface area contributed by atoms with Crippen molar-refractivity contribution in [3.63, 3.8) is 0 Å². The summed E-state index contributed by atoms with van der Waals surface area (Å²) >= 11 is 0. The van der Waals surface area contributed by atoms with Gasteiger partial charge in [-0.25, -0.2) is 13.2 Å². The Morgan fingerprint density at radius 1 is 1.15 bits per heavy atom. The molecule has 2 aromatic carbocycles. The molecule has 0 bridgehead atoms. The number of rotatable bonds is 5. The topological polar surface area (TPSA) is 85.4 Å². The number of para-hydroxylation sites is 1. The van der Waals surface area contributed by atoms with Crippen molar-refractivity contribution < 1.29 is 17.9 Å². The highest BCUT2D eigenvalue weighted by molar-refractivity contribution is 7.93. The van der Waals surface area contributed by atoms with Gasteiger partial charge in [-0.3, -0.25) is 9.71 Å². The van der Waals surface area contributed by atoms with Crippen molar-refractivity contribution >= 4 is 32.6 Å². The van der Waals surface area contributed by atoms with Gasteiger partial charge in [-0.2, -0.15) is 0 Å². The van der Waals surface area contributed by atoms with Gasteiger partial charge in [-0.15, -0.1) is 0 Å². The van der Waals surface area contributed by atoms with Gasteiger partial charge >= 0.3 is 5.97 Å². The monoisotopic (exact) mass is 370 g/mol. The van der Waals surface area contributed by atoms with E-state index in [4.69, 9.17) is 4.74 Å². The lowest BCUT2D eigenvalue weighted by atomic mass is 10.1. The molecule has 1 N–H and O–H groups in total. The molecule has 0 aliphatic heterocycles. The summed E-state index contributed by atoms with van der Waals surface area (Å²) in [6.07, 6.45) is 1.56. The minimum Gasteiger partial charge on any atom is -0.462 e. The van der Waals surface area contributed by atoms with E-state index >= 15 is 0 Å². The first-order chi connectivity index (χ1) is 12.4. The summed E-state index contributed by atoms with van der Waals surface area (Å²) in [6.45, 7) is 3.73. The Morgan fingerprint density at radius 3 is 2.65 bits per heavy atom. The molecule has 0 spiro atoms. The van der Waals surface area contributed by atoms with Gasteiger partial charge in [0.15, 0.2) is 0 Å². The first kappa shape index (κ1) is 17.9. The van der Waals surface area contributed by atoms with Crippen LogP contribution in [0.5, 0.6) is 0 Å². The molecule has 0 fully saturated rings. The van der Waals surface area contributed by atoms with E-state index in [0.717, 1.165) is 5.39 Å². The van der Waals surface area contributed by atoms with Gasteiger partial charge in [-0.05, 0) is 49.7 Å². The molecule has 0 saturated heterocycles. The fourth-order valence-corrected chi connectivity index (χ4v) is 3.92. The zero-order chi connectivity index (χ0) is 18.7. The standard InChI is InChI=1S/C19H18N2O4S/c1-3-25-19(22)15-9-10-16(13(2)12-15)21-26(23,24)17-8-4-6-14-7-5-11-20-18(14)17/h4-12,21H,3H2,1-2H3. The predicted molar refractivity (Wildman–Crippen MR) is 99.7 cm³/mol. The number of pyridine rings is 1. The minimum absolute atomic E-state index is 0.101. The number of hydrogen-bond acceptors (Lipinski definition) is 5. The fraction of sp³-hybridized carbons (Fsp3) is 0.158. The summed E-state index contributed by atoms with van der Waals surface area (Å²) < 4.78 is 33.2. The molecular formula is C19H18N2O4S. The second-order valence-corrected chi connectivity index (χ2v) is 7.34. The Kier molecular flexibility index (Phi) is 4.90. The van der Waals surface area contributed by atoms with Crippen LogP contribution >= 0.6 is 0 Å². The van der Waals surface area contributed by atoms with Gasteiger partial charge in [0.25, 0.3) is 10.0 Å². The number of aromatic nitrogens is 1. The third kappa shape index (κ3) is 3.52. The summed E-state index contributed by atoms with van der Waals surface area (Å²) in [7, 11) is -3.83. The van der Waals surface area contributed by atoms with Gasteiger partial charge in [0.2, 0.25) is 0 Å². The summed E-state index contributed by atoms with van der Waals surface area (Å²) in [4.78, 5) is 16.1. The first-order valence-electron chi connectivity index (χ1n) is 8.06. The molecule has 0 aliphatic carbocycles. The molecular weight excluding hydrogens is 352 g/mol. The van der Waals surface area contributed by atoms with Gasteiger partial charge in [0, 0.05) is 11.6 Å². The number of nitrogens with zero attached hydrogens (tertiary/aromatic N) is 1. The van der Waals surface area contributed by atoms with Crippen LogP contribution in [0.1, 0.15) is 22.8 Å². The zero-order valence-corrected chi connectivity index (χ0v) is 15.2. The third-order valence-corrected chi connectivity index (χ3v) is 5.26. The van der Waals surface area contributed by atoms with Crippen molar-refractivity contribution in [2.45, 2.75) is 18.7 Å². The van der Waals surface area contributed by atoms with Crippen LogP contribution < -0.4 is 4.72 Å². The molecule has 134 valence electrons. The smallest absolute Gasteiger partial charge is 0.338 e. The number of carbonyl (C=O) groups excluding carboxylic acids is 1. The largest absolute Gasteiger partial charge is 0.462 e. The Labute approximate surface area is 151 Å². The van der Waals surface area contributed by atoms with Crippen LogP contribution in [0.2, 0.25) is 0 Å². The predicted octanol–water partition coefficient (Wildman–Crippen LogP) is 3.52. The van der Waals surface area contributed by atoms with Crippen molar-refractivity contribution in [1.29, 1.82) is 0 Å².